The summed E-state index contributed by atoms with van der Waals surface area (Å²) in [7, 11) is 0. The number of non-ortho nitro benzene ring substituents is 1. The number of rotatable bonds is 4. The number of piperazine rings is 1. The SMILES string of the molecule is Cl.O=[N+]([O-])c1ccc(CCN2CCNCC2)cc1. The van der Waals surface area contributed by atoms with E-state index in [4.69, 9.17) is 0 Å². The molecule has 1 aliphatic rings. The van der Waals surface area contributed by atoms with Crippen molar-refractivity contribution in [3.8, 4) is 0 Å². The largest absolute Gasteiger partial charge is 0.314 e. The van der Waals surface area contributed by atoms with Gasteiger partial charge in [0.15, 0.2) is 0 Å². The van der Waals surface area contributed by atoms with Gasteiger partial charge in [-0.15, -0.1) is 12.4 Å². The Bertz CT molecular complexity index is 377. The van der Waals surface area contributed by atoms with Gasteiger partial charge in [0.1, 0.15) is 0 Å². The molecule has 0 aromatic heterocycles. The summed E-state index contributed by atoms with van der Waals surface area (Å²) in [6.07, 6.45) is 0.956. The van der Waals surface area contributed by atoms with Gasteiger partial charge in [-0.25, -0.2) is 0 Å². The van der Waals surface area contributed by atoms with E-state index < -0.39 is 0 Å². The maximum atomic E-state index is 10.5. The molecule has 1 N–H and O–H groups in total. The molecule has 5 nitrogen and oxygen atoms in total. The molecule has 0 spiro atoms. The molecular formula is C12H18ClN3O2. The van der Waals surface area contributed by atoms with Gasteiger partial charge in [0.05, 0.1) is 4.92 Å². The highest BCUT2D eigenvalue weighted by Crippen LogP contribution is 2.12. The minimum Gasteiger partial charge on any atom is -0.314 e. The van der Waals surface area contributed by atoms with Gasteiger partial charge in [-0.1, -0.05) is 12.1 Å². The van der Waals surface area contributed by atoms with E-state index in [0.717, 1.165) is 44.7 Å². The molecule has 0 atom stereocenters. The first-order valence-corrected chi connectivity index (χ1v) is 5.92. The molecular weight excluding hydrogens is 254 g/mol. The van der Waals surface area contributed by atoms with E-state index in [2.05, 4.69) is 10.2 Å². The van der Waals surface area contributed by atoms with Crippen LogP contribution in [0.3, 0.4) is 0 Å². The Morgan fingerprint density at radius 3 is 2.39 bits per heavy atom. The van der Waals surface area contributed by atoms with Gasteiger partial charge >= 0.3 is 0 Å². The second kappa shape index (κ2) is 7.31. The fourth-order valence-corrected chi connectivity index (χ4v) is 2.01. The first-order valence-electron chi connectivity index (χ1n) is 5.92. The minimum atomic E-state index is -0.361. The highest BCUT2D eigenvalue weighted by atomic mass is 35.5. The highest BCUT2D eigenvalue weighted by Gasteiger charge is 2.09. The van der Waals surface area contributed by atoms with Crippen LogP contribution in [0, 0.1) is 10.1 Å². The van der Waals surface area contributed by atoms with Gasteiger partial charge in [0.25, 0.3) is 5.69 Å². The lowest BCUT2D eigenvalue weighted by Gasteiger charge is -2.27. The molecule has 0 amide bonds. The van der Waals surface area contributed by atoms with Crippen molar-refractivity contribution < 1.29 is 4.92 Å². The Hall–Kier alpha value is -1.17. The van der Waals surface area contributed by atoms with Crippen molar-refractivity contribution in [2.75, 3.05) is 32.7 Å². The van der Waals surface area contributed by atoms with Crippen LogP contribution < -0.4 is 5.32 Å². The van der Waals surface area contributed by atoms with E-state index in [1.54, 1.807) is 12.1 Å². The van der Waals surface area contributed by atoms with Crippen LogP contribution in [0.15, 0.2) is 24.3 Å². The summed E-state index contributed by atoms with van der Waals surface area (Å²) in [4.78, 5) is 12.6. The molecule has 1 fully saturated rings. The van der Waals surface area contributed by atoms with Crippen LogP contribution in [0.4, 0.5) is 5.69 Å². The third-order valence-electron chi connectivity index (χ3n) is 3.07. The Labute approximate surface area is 113 Å². The average Bonchev–Trinajstić information content (AvgIpc) is 2.38. The number of nitro groups is 1. The maximum Gasteiger partial charge on any atom is 0.269 e. The molecule has 0 radical (unpaired) electrons. The van der Waals surface area contributed by atoms with Gasteiger partial charge < -0.3 is 10.2 Å². The number of halogens is 1. The van der Waals surface area contributed by atoms with Gasteiger partial charge in [-0.05, 0) is 12.0 Å². The van der Waals surface area contributed by atoms with Crippen LogP contribution in [0.25, 0.3) is 0 Å². The monoisotopic (exact) mass is 271 g/mol. The molecule has 1 aromatic carbocycles. The first kappa shape index (κ1) is 14.9. The van der Waals surface area contributed by atoms with Crippen molar-refractivity contribution in [3.05, 3.63) is 39.9 Å². The summed E-state index contributed by atoms with van der Waals surface area (Å²) >= 11 is 0. The number of hydrogen-bond acceptors (Lipinski definition) is 4. The number of nitrogens with zero attached hydrogens (tertiary/aromatic N) is 2. The fourth-order valence-electron chi connectivity index (χ4n) is 2.01. The Balaban J connectivity index is 0.00000162. The normalized spacial score (nSPS) is 16.0. The Morgan fingerprint density at radius 2 is 1.83 bits per heavy atom. The molecule has 1 aliphatic heterocycles. The summed E-state index contributed by atoms with van der Waals surface area (Å²) < 4.78 is 0. The van der Waals surface area contributed by atoms with Crippen LogP contribution in [0.1, 0.15) is 5.56 Å². The first-order chi connectivity index (χ1) is 8.25. The van der Waals surface area contributed by atoms with E-state index >= 15 is 0 Å². The number of nitrogens with one attached hydrogen (secondary N) is 1. The molecule has 0 bridgehead atoms. The molecule has 0 saturated carbocycles. The highest BCUT2D eigenvalue weighted by molar-refractivity contribution is 5.85. The fraction of sp³-hybridized carbons (Fsp3) is 0.500. The van der Waals surface area contributed by atoms with Crippen molar-refractivity contribution in [1.29, 1.82) is 0 Å². The second-order valence-electron chi connectivity index (χ2n) is 4.27. The van der Waals surface area contributed by atoms with Crippen molar-refractivity contribution in [3.63, 3.8) is 0 Å². The average molecular weight is 272 g/mol. The van der Waals surface area contributed by atoms with Crippen LogP contribution in [0.5, 0.6) is 0 Å². The van der Waals surface area contributed by atoms with Gasteiger partial charge in [0, 0.05) is 44.9 Å². The van der Waals surface area contributed by atoms with Crippen molar-refractivity contribution in [2.45, 2.75) is 6.42 Å². The van der Waals surface area contributed by atoms with Gasteiger partial charge in [0.2, 0.25) is 0 Å². The molecule has 2 rings (SSSR count). The summed E-state index contributed by atoms with van der Waals surface area (Å²) in [6, 6.07) is 6.85. The zero-order valence-corrected chi connectivity index (χ0v) is 11.0. The Kier molecular flexibility index (Phi) is 6.04. The van der Waals surface area contributed by atoms with E-state index in [1.165, 1.54) is 0 Å². The molecule has 100 valence electrons. The standard InChI is InChI=1S/C12H17N3O2.ClH/c16-15(17)12-3-1-11(2-4-12)5-8-14-9-6-13-7-10-14;/h1-4,13H,5-10H2;1H. The van der Waals surface area contributed by atoms with Crippen LogP contribution in [-0.4, -0.2) is 42.5 Å². The molecule has 1 saturated heterocycles. The minimum absolute atomic E-state index is 0. The molecule has 18 heavy (non-hydrogen) atoms. The molecule has 0 unspecified atom stereocenters. The predicted octanol–water partition coefficient (Wildman–Crippen LogP) is 1.46. The molecule has 1 heterocycles. The van der Waals surface area contributed by atoms with Gasteiger partial charge in [-0.3, -0.25) is 10.1 Å². The second-order valence-corrected chi connectivity index (χ2v) is 4.27. The molecule has 1 aromatic rings. The quantitative estimate of drug-likeness (QED) is 0.665. The smallest absolute Gasteiger partial charge is 0.269 e. The number of benzene rings is 1. The maximum absolute atomic E-state index is 10.5. The lowest BCUT2D eigenvalue weighted by molar-refractivity contribution is -0.384. The molecule has 0 aliphatic carbocycles. The third kappa shape index (κ3) is 4.25. The lowest BCUT2D eigenvalue weighted by atomic mass is 10.1. The van der Waals surface area contributed by atoms with E-state index in [9.17, 15) is 10.1 Å². The summed E-state index contributed by atoms with van der Waals surface area (Å²) in [5, 5.41) is 13.8. The third-order valence-corrected chi connectivity index (χ3v) is 3.07. The van der Waals surface area contributed by atoms with E-state index in [-0.39, 0.29) is 23.0 Å². The van der Waals surface area contributed by atoms with Crippen LogP contribution in [-0.2, 0) is 6.42 Å². The Morgan fingerprint density at radius 1 is 1.22 bits per heavy atom. The van der Waals surface area contributed by atoms with E-state index in [1.807, 2.05) is 12.1 Å². The van der Waals surface area contributed by atoms with Crippen molar-refractivity contribution in [1.82, 2.24) is 10.2 Å². The number of nitro benzene ring substituents is 1. The summed E-state index contributed by atoms with van der Waals surface area (Å²) in [5.74, 6) is 0. The van der Waals surface area contributed by atoms with Crippen LogP contribution >= 0.6 is 12.4 Å². The topological polar surface area (TPSA) is 58.4 Å². The summed E-state index contributed by atoms with van der Waals surface area (Å²) in [6.45, 7) is 5.32. The van der Waals surface area contributed by atoms with Crippen LogP contribution in [0.2, 0.25) is 0 Å². The summed E-state index contributed by atoms with van der Waals surface area (Å²) in [5.41, 5.74) is 1.32. The van der Waals surface area contributed by atoms with Crippen molar-refractivity contribution in [2.24, 2.45) is 0 Å². The number of hydrogen-bond donors (Lipinski definition) is 1. The lowest BCUT2D eigenvalue weighted by Crippen LogP contribution is -2.44. The van der Waals surface area contributed by atoms with Gasteiger partial charge in [-0.2, -0.15) is 0 Å². The predicted molar refractivity (Wildman–Crippen MR) is 73.4 cm³/mol. The zero-order valence-electron chi connectivity index (χ0n) is 10.2. The van der Waals surface area contributed by atoms with E-state index in [0.29, 0.717) is 0 Å². The zero-order chi connectivity index (χ0) is 12.1. The molecule has 6 heteroatoms. The van der Waals surface area contributed by atoms with Crippen molar-refractivity contribution >= 4 is 18.1 Å².